The van der Waals surface area contributed by atoms with Crippen LogP contribution >= 0.6 is 23.2 Å². The quantitative estimate of drug-likeness (QED) is 0.457. The third-order valence-electron chi connectivity index (χ3n) is 2.36. The predicted octanol–water partition coefficient (Wildman–Crippen LogP) is 6.72. The van der Waals surface area contributed by atoms with Gasteiger partial charge in [0.05, 0.1) is 21.2 Å². The molecule has 22 heavy (non-hydrogen) atoms. The molecule has 8 heteroatoms. The van der Waals surface area contributed by atoms with E-state index < -0.39 is 23.5 Å². The van der Waals surface area contributed by atoms with E-state index in [1.54, 1.807) is 0 Å². The van der Waals surface area contributed by atoms with Gasteiger partial charge in [0.2, 0.25) is 0 Å². The Morgan fingerprint density at radius 3 is 1.00 bits per heavy atom. The zero-order valence-electron chi connectivity index (χ0n) is 10.6. The SMILES string of the molecule is FC(F)(F)c1ccccc1Cl.FC(F)(F)c1ccccc1Cl. The van der Waals surface area contributed by atoms with E-state index in [1.807, 2.05) is 0 Å². The third-order valence-corrected chi connectivity index (χ3v) is 3.02. The number of alkyl halides is 6. The maximum absolute atomic E-state index is 12.0. The van der Waals surface area contributed by atoms with Crippen LogP contribution in [0.25, 0.3) is 0 Å². The summed E-state index contributed by atoms with van der Waals surface area (Å²) in [5.41, 5.74) is -1.58. The molecule has 0 aromatic heterocycles. The molecule has 0 heterocycles. The topological polar surface area (TPSA) is 0 Å². The molecule has 120 valence electrons. The molecule has 2 aromatic rings. The largest absolute Gasteiger partial charge is 0.417 e. The van der Waals surface area contributed by atoms with Crippen molar-refractivity contribution in [3.8, 4) is 0 Å². The molecule has 0 unspecified atom stereocenters. The summed E-state index contributed by atoms with van der Waals surface area (Å²) in [6.45, 7) is 0. The Morgan fingerprint density at radius 2 is 0.818 bits per heavy atom. The van der Waals surface area contributed by atoms with E-state index >= 15 is 0 Å². The Morgan fingerprint density at radius 1 is 0.545 bits per heavy atom. The van der Waals surface area contributed by atoms with Crippen molar-refractivity contribution in [3.63, 3.8) is 0 Å². The summed E-state index contributed by atoms with van der Waals surface area (Å²) in [5.74, 6) is 0. The predicted molar refractivity (Wildman–Crippen MR) is 72.9 cm³/mol. The molecule has 0 saturated heterocycles. The first-order valence-corrected chi connectivity index (χ1v) is 6.42. The van der Waals surface area contributed by atoms with Gasteiger partial charge in [0.15, 0.2) is 0 Å². The van der Waals surface area contributed by atoms with Crippen molar-refractivity contribution >= 4 is 23.2 Å². The van der Waals surface area contributed by atoms with Crippen LogP contribution in [0.15, 0.2) is 48.5 Å². The summed E-state index contributed by atoms with van der Waals surface area (Å²) in [7, 11) is 0. The number of halogens is 8. The molecule has 2 aromatic carbocycles. The Kier molecular flexibility index (Phi) is 6.14. The lowest BCUT2D eigenvalue weighted by molar-refractivity contribution is -0.138. The molecular weight excluding hydrogens is 353 g/mol. The summed E-state index contributed by atoms with van der Waals surface area (Å²) in [5, 5.41) is -0.528. The van der Waals surface area contributed by atoms with Gasteiger partial charge >= 0.3 is 12.4 Å². The standard InChI is InChI=1S/2C7H4ClF3/c2*8-6-4-2-1-3-5(6)7(9,10)11/h2*1-4H. The molecule has 0 nitrogen and oxygen atoms in total. The van der Waals surface area contributed by atoms with Gasteiger partial charge in [-0.3, -0.25) is 0 Å². The summed E-state index contributed by atoms with van der Waals surface area (Å²) < 4.78 is 71.8. The van der Waals surface area contributed by atoms with Gasteiger partial charge in [0.1, 0.15) is 0 Å². The second kappa shape index (κ2) is 7.24. The number of rotatable bonds is 0. The highest BCUT2D eigenvalue weighted by Gasteiger charge is 2.33. The summed E-state index contributed by atoms with van der Waals surface area (Å²) in [6.07, 6.45) is -8.70. The van der Waals surface area contributed by atoms with Gasteiger partial charge in [-0.1, -0.05) is 47.5 Å². The van der Waals surface area contributed by atoms with E-state index in [0.717, 1.165) is 12.1 Å². The number of hydrogen-bond donors (Lipinski definition) is 0. The van der Waals surface area contributed by atoms with Crippen LogP contribution < -0.4 is 0 Å². The zero-order chi connectivity index (χ0) is 17.0. The van der Waals surface area contributed by atoms with E-state index in [-0.39, 0.29) is 10.0 Å². The monoisotopic (exact) mass is 360 g/mol. The molecule has 2 rings (SSSR count). The fraction of sp³-hybridized carbons (Fsp3) is 0.143. The van der Waals surface area contributed by atoms with Crippen molar-refractivity contribution in [1.29, 1.82) is 0 Å². The normalized spacial score (nSPS) is 11.6. The molecular formula is C14H8Cl2F6. The smallest absolute Gasteiger partial charge is 0.166 e. The maximum atomic E-state index is 12.0. The van der Waals surface area contributed by atoms with Crippen LogP contribution in [0.2, 0.25) is 10.0 Å². The average molecular weight is 361 g/mol. The van der Waals surface area contributed by atoms with Crippen molar-refractivity contribution in [1.82, 2.24) is 0 Å². The van der Waals surface area contributed by atoms with Gasteiger partial charge in [0, 0.05) is 0 Å². The highest BCUT2D eigenvalue weighted by atomic mass is 35.5. The van der Waals surface area contributed by atoms with Gasteiger partial charge in [-0.15, -0.1) is 0 Å². The summed E-state index contributed by atoms with van der Waals surface area (Å²) >= 11 is 10.6. The van der Waals surface area contributed by atoms with E-state index in [2.05, 4.69) is 0 Å². The molecule has 0 aliphatic carbocycles. The molecule has 0 bridgehead atoms. The zero-order valence-corrected chi connectivity index (χ0v) is 12.2. The highest BCUT2D eigenvalue weighted by Crippen LogP contribution is 2.34. The van der Waals surface area contributed by atoms with Crippen molar-refractivity contribution in [2.75, 3.05) is 0 Å². The summed E-state index contributed by atoms with van der Waals surface area (Å²) in [6, 6.07) is 9.83. The molecule has 0 aliphatic heterocycles. The Hall–Kier alpha value is -1.40. The minimum atomic E-state index is -4.35. The van der Waals surface area contributed by atoms with Crippen LogP contribution in [-0.4, -0.2) is 0 Å². The molecule has 0 aliphatic rings. The van der Waals surface area contributed by atoms with Crippen molar-refractivity contribution in [3.05, 3.63) is 69.7 Å². The van der Waals surface area contributed by atoms with Crippen LogP contribution in [0.3, 0.4) is 0 Å². The van der Waals surface area contributed by atoms with Gasteiger partial charge in [-0.05, 0) is 24.3 Å². The lowest BCUT2D eigenvalue weighted by Crippen LogP contribution is -2.04. The molecule has 0 amide bonds. The Labute approximate surface area is 132 Å². The molecule has 0 atom stereocenters. The van der Waals surface area contributed by atoms with Crippen LogP contribution in [0.4, 0.5) is 26.3 Å². The maximum Gasteiger partial charge on any atom is 0.417 e. The Balaban J connectivity index is 0.000000220. The fourth-order valence-corrected chi connectivity index (χ4v) is 1.87. The van der Waals surface area contributed by atoms with Crippen molar-refractivity contribution in [2.45, 2.75) is 12.4 Å². The van der Waals surface area contributed by atoms with E-state index in [1.165, 1.54) is 36.4 Å². The highest BCUT2D eigenvalue weighted by molar-refractivity contribution is 6.31. The molecule has 0 radical (unpaired) electrons. The first kappa shape index (κ1) is 18.6. The first-order chi connectivity index (χ1) is 10.0. The van der Waals surface area contributed by atoms with E-state index in [0.29, 0.717) is 0 Å². The third kappa shape index (κ3) is 5.42. The fourth-order valence-electron chi connectivity index (χ4n) is 1.38. The summed E-state index contributed by atoms with van der Waals surface area (Å²) in [4.78, 5) is 0. The molecule has 0 spiro atoms. The van der Waals surface area contributed by atoms with Gasteiger partial charge in [0.25, 0.3) is 0 Å². The van der Waals surface area contributed by atoms with Crippen LogP contribution in [0.1, 0.15) is 11.1 Å². The van der Waals surface area contributed by atoms with E-state index in [4.69, 9.17) is 23.2 Å². The van der Waals surface area contributed by atoms with E-state index in [9.17, 15) is 26.3 Å². The van der Waals surface area contributed by atoms with Gasteiger partial charge < -0.3 is 0 Å². The number of hydrogen-bond acceptors (Lipinski definition) is 0. The molecule has 0 saturated carbocycles. The minimum absolute atomic E-state index is 0.264. The van der Waals surface area contributed by atoms with Crippen molar-refractivity contribution in [2.24, 2.45) is 0 Å². The van der Waals surface area contributed by atoms with Gasteiger partial charge in [-0.25, -0.2) is 0 Å². The molecule has 0 fully saturated rings. The average Bonchev–Trinajstić information content (AvgIpc) is 2.37. The minimum Gasteiger partial charge on any atom is -0.166 e. The Bertz CT molecular complexity index is 564. The van der Waals surface area contributed by atoms with Crippen LogP contribution in [0, 0.1) is 0 Å². The lowest BCUT2D eigenvalue weighted by atomic mass is 10.2. The molecule has 0 N–H and O–H groups in total. The second-order valence-corrected chi connectivity index (χ2v) is 4.77. The number of benzene rings is 2. The van der Waals surface area contributed by atoms with Crippen LogP contribution in [-0.2, 0) is 12.4 Å². The van der Waals surface area contributed by atoms with Crippen molar-refractivity contribution < 1.29 is 26.3 Å². The second-order valence-electron chi connectivity index (χ2n) is 3.96. The first-order valence-electron chi connectivity index (χ1n) is 5.67. The van der Waals surface area contributed by atoms with Gasteiger partial charge in [-0.2, -0.15) is 26.3 Å². The lowest BCUT2D eigenvalue weighted by Gasteiger charge is -2.06. The van der Waals surface area contributed by atoms with Crippen LogP contribution in [0.5, 0.6) is 0 Å².